The van der Waals surface area contributed by atoms with Gasteiger partial charge < -0.3 is 14.8 Å². The Labute approximate surface area is 188 Å². The minimum absolute atomic E-state index is 0.0732. The van der Waals surface area contributed by atoms with Gasteiger partial charge in [-0.1, -0.05) is 30.3 Å². The Morgan fingerprint density at radius 2 is 2.00 bits per heavy atom. The number of aliphatic hydroxyl groups excluding tert-OH is 1. The first-order chi connectivity index (χ1) is 15.6. The van der Waals surface area contributed by atoms with E-state index in [1.54, 1.807) is 48.0 Å². The Morgan fingerprint density at radius 3 is 2.78 bits per heavy atom. The van der Waals surface area contributed by atoms with Gasteiger partial charge in [0.25, 0.3) is 5.91 Å². The van der Waals surface area contributed by atoms with E-state index in [0.29, 0.717) is 22.9 Å². The number of hydrogen-bond acceptors (Lipinski definition) is 5. The van der Waals surface area contributed by atoms with Crippen molar-refractivity contribution in [2.45, 2.75) is 13.0 Å². The summed E-state index contributed by atoms with van der Waals surface area (Å²) in [7, 11) is 0. The lowest BCUT2D eigenvalue weighted by Crippen LogP contribution is -2.31. The maximum atomic E-state index is 13.4. The van der Waals surface area contributed by atoms with Crippen LogP contribution in [0.4, 0.5) is 5.69 Å². The molecule has 0 saturated carbocycles. The molecule has 1 aliphatic rings. The Bertz CT molecular complexity index is 1350. The summed E-state index contributed by atoms with van der Waals surface area (Å²) in [6.07, 6.45) is 1.79. The number of rotatable bonds is 6. The van der Waals surface area contributed by atoms with Crippen LogP contribution in [0.5, 0.6) is 5.75 Å². The lowest BCUT2D eigenvalue weighted by molar-refractivity contribution is -0.117. The predicted molar refractivity (Wildman–Crippen MR) is 124 cm³/mol. The number of thiophene rings is 1. The minimum Gasteiger partial charge on any atom is -0.503 e. The summed E-state index contributed by atoms with van der Waals surface area (Å²) in [5, 5.41) is 13.6. The number of aromatic amines is 1. The molecular weight excluding hydrogens is 424 g/mol. The summed E-state index contributed by atoms with van der Waals surface area (Å²) in [6, 6.07) is 17.5. The third-order valence-corrected chi connectivity index (χ3v) is 6.39. The molecule has 32 heavy (non-hydrogen) atoms. The molecule has 0 saturated heterocycles. The molecule has 1 unspecified atom stereocenters. The largest absolute Gasteiger partial charge is 0.503 e. The number of Topliss-reactive ketones (excluding diaryl/α,β-unsaturated/α-hetero) is 1. The number of ketones is 1. The van der Waals surface area contributed by atoms with Crippen LogP contribution >= 0.6 is 11.3 Å². The van der Waals surface area contributed by atoms with Crippen molar-refractivity contribution in [2.24, 2.45) is 0 Å². The molecule has 1 aliphatic heterocycles. The van der Waals surface area contributed by atoms with Gasteiger partial charge in [-0.15, -0.1) is 11.3 Å². The summed E-state index contributed by atoms with van der Waals surface area (Å²) >= 11 is 1.28. The van der Waals surface area contributed by atoms with Gasteiger partial charge in [-0.3, -0.25) is 14.5 Å². The Balaban J connectivity index is 1.71. The van der Waals surface area contributed by atoms with Crippen LogP contribution in [-0.2, 0) is 4.79 Å². The van der Waals surface area contributed by atoms with Crippen LogP contribution in [0.3, 0.4) is 0 Å². The monoisotopic (exact) mass is 444 g/mol. The topological polar surface area (TPSA) is 82.6 Å². The molecule has 0 bridgehead atoms. The smallest absolute Gasteiger partial charge is 0.294 e. The zero-order chi connectivity index (χ0) is 22.2. The van der Waals surface area contributed by atoms with E-state index in [1.807, 2.05) is 31.2 Å². The van der Waals surface area contributed by atoms with E-state index in [2.05, 4.69) is 4.98 Å². The summed E-state index contributed by atoms with van der Waals surface area (Å²) in [5.41, 5.74) is 2.23. The van der Waals surface area contributed by atoms with Crippen LogP contribution in [0, 0.1) is 0 Å². The Hall–Kier alpha value is -3.84. The summed E-state index contributed by atoms with van der Waals surface area (Å²) in [6.45, 7) is 2.36. The maximum Gasteiger partial charge on any atom is 0.294 e. The molecule has 0 fully saturated rings. The number of carbonyl (C=O) groups is 2. The molecule has 0 aliphatic carbocycles. The molecule has 5 rings (SSSR count). The zero-order valence-electron chi connectivity index (χ0n) is 17.2. The number of H-pyrrole nitrogens is 1. The van der Waals surface area contributed by atoms with Crippen LogP contribution in [-0.4, -0.2) is 28.4 Å². The predicted octanol–water partition coefficient (Wildman–Crippen LogP) is 5.41. The second-order valence-electron chi connectivity index (χ2n) is 7.37. The number of carbonyl (C=O) groups excluding carboxylic acids is 2. The van der Waals surface area contributed by atoms with Gasteiger partial charge in [0.05, 0.1) is 23.1 Å². The average Bonchev–Trinajstić information content (AvgIpc) is 3.53. The molecule has 0 radical (unpaired) electrons. The first-order valence-corrected chi connectivity index (χ1v) is 11.1. The lowest BCUT2D eigenvalue weighted by Gasteiger charge is -2.26. The van der Waals surface area contributed by atoms with E-state index >= 15 is 0 Å². The average molecular weight is 445 g/mol. The fourth-order valence-electron chi connectivity index (χ4n) is 4.15. The number of anilines is 1. The standard InChI is InChI=1S/C25H20N2O4S/c1-2-31-16-8-5-7-15(13-16)27-22(18-14-26-19-10-4-3-9-17(18)19)21(24(29)25(27)30)23(28)20-11-6-12-32-20/h3-14,22,26,29H,2H2,1H3. The molecule has 3 heterocycles. The van der Waals surface area contributed by atoms with Crippen molar-refractivity contribution >= 4 is 39.6 Å². The highest BCUT2D eigenvalue weighted by molar-refractivity contribution is 7.12. The van der Waals surface area contributed by atoms with Crippen molar-refractivity contribution in [3.8, 4) is 5.75 Å². The van der Waals surface area contributed by atoms with E-state index in [0.717, 1.165) is 16.5 Å². The second-order valence-corrected chi connectivity index (χ2v) is 8.31. The molecule has 4 aromatic rings. The number of nitrogens with zero attached hydrogens (tertiary/aromatic N) is 1. The number of fused-ring (bicyclic) bond motifs is 1. The fourth-order valence-corrected chi connectivity index (χ4v) is 4.83. The van der Waals surface area contributed by atoms with E-state index in [-0.39, 0.29) is 11.4 Å². The molecule has 6 nitrogen and oxygen atoms in total. The number of amides is 1. The highest BCUT2D eigenvalue weighted by atomic mass is 32.1. The van der Waals surface area contributed by atoms with Gasteiger partial charge in [0, 0.05) is 34.4 Å². The molecule has 1 atom stereocenters. The van der Waals surface area contributed by atoms with Crippen molar-refractivity contribution in [1.29, 1.82) is 0 Å². The van der Waals surface area contributed by atoms with Gasteiger partial charge in [0.1, 0.15) is 5.75 Å². The number of hydrogen-bond donors (Lipinski definition) is 2. The van der Waals surface area contributed by atoms with Crippen molar-refractivity contribution in [3.63, 3.8) is 0 Å². The molecule has 2 aromatic heterocycles. The second kappa shape index (κ2) is 8.01. The fraction of sp³-hybridized carbons (Fsp3) is 0.120. The number of ether oxygens (including phenoxy) is 1. The third kappa shape index (κ3) is 3.18. The van der Waals surface area contributed by atoms with Crippen LogP contribution in [0.25, 0.3) is 10.9 Å². The first kappa shape index (κ1) is 20.1. The molecule has 0 spiro atoms. The van der Waals surface area contributed by atoms with Crippen molar-refractivity contribution < 1.29 is 19.4 Å². The highest BCUT2D eigenvalue weighted by Gasteiger charge is 2.45. The number of aliphatic hydroxyl groups is 1. The quantitative estimate of drug-likeness (QED) is 0.390. The molecule has 160 valence electrons. The molecule has 1 amide bonds. The van der Waals surface area contributed by atoms with Crippen molar-refractivity contribution in [1.82, 2.24) is 4.98 Å². The molecule has 2 aromatic carbocycles. The van der Waals surface area contributed by atoms with Gasteiger partial charge in [0.15, 0.2) is 5.76 Å². The third-order valence-electron chi connectivity index (χ3n) is 5.52. The molecule has 7 heteroatoms. The molecule has 2 N–H and O–H groups in total. The van der Waals surface area contributed by atoms with E-state index in [1.165, 1.54) is 16.2 Å². The summed E-state index contributed by atoms with van der Waals surface area (Å²) in [5.74, 6) is -0.896. The van der Waals surface area contributed by atoms with E-state index in [4.69, 9.17) is 4.74 Å². The summed E-state index contributed by atoms with van der Waals surface area (Å²) in [4.78, 5) is 31.9. The number of aromatic nitrogens is 1. The Kier molecular flexibility index (Phi) is 5.03. The van der Waals surface area contributed by atoms with Crippen LogP contribution < -0.4 is 9.64 Å². The minimum atomic E-state index is -0.787. The van der Waals surface area contributed by atoms with Crippen LogP contribution in [0.1, 0.15) is 28.2 Å². The highest BCUT2D eigenvalue weighted by Crippen LogP contribution is 2.44. The van der Waals surface area contributed by atoms with E-state index < -0.39 is 17.7 Å². The lowest BCUT2D eigenvalue weighted by atomic mass is 9.94. The van der Waals surface area contributed by atoms with Gasteiger partial charge in [0.2, 0.25) is 5.78 Å². The summed E-state index contributed by atoms with van der Waals surface area (Å²) < 4.78 is 5.61. The Morgan fingerprint density at radius 1 is 1.16 bits per heavy atom. The van der Waals surface area contributed by atoms with Gasteiger partial charge >= 0.3 is 0 Å². The zero-order valence-corrected chi connectivity index (χ0v) is 18.1. The van der Waals surface area contributed by atoms with Crippen molar-refractivity contribution in [2.75, 3.05) is 11.5 Å². The number of nitrogens with one attached hydrogen (secondary N) is 1. The van der Waals surface area contributed by atoms with Gasteiger partial charge in [-0.25, -0.2) is 0 Å². The van der Waals surface area contributed by atoms with E-state index in [9.17, 15) is 14.7 Å². The van der Waals surface area contributed by atoms with Gasteiger partial charge in [-0.2, -0.15) is 0 Å². The maximum absolute atomic E-state index is 13.4. The number of para-hydroxylation sites is 1. The normalized spacial score (nSPS) is 16.2. The number of benzene rings is 2. The van der Waals surface area contributed by atoms with Crippen LogP contribution in [0.15, 0.2) is 83.6 Å². The SMILES string of the molecule is CCOc1cccc(N2C(=O)C(O)=C(C(=O)c3cccs3)C2c2c[nH]c3ccccc23)c1. The van der Waals surface area contributed by atoms with Gasteiger partial charge in [-0.05, 0) is 36.6 Å². The molecular formula is C25H20N2O4S. The van der Waals surface area contributed by atoms with Crippen LogP contribution in [0.2, 0.25) is 0 Å². The first-order valence-electron chi connectivity index (χ1n) is 10.2. The van der Waals surface area contributed by atoms with Crippen molar-refractivity contribution in [3.05, 3.63) is 94.0 Å².